The van der Waals surface area contributed by atoms with Crippen LogP contribution in [0.5, 0.6) is 11.5 Å². The van der Waals surface area contributed by atoms with Crippen LogP contribution in [0.3, 0.4) is 0 Å². The van der Waals surface area contributed by atoms with E-state index in [1.165, 1.54) is 5.56 Å². The normalized spacial score (nSPS) is 12.8. The Labute approximate surface area is 88.1 Å². The Morgan fingerprint density at radius 3 is 2.60 bits per heavy atom. The van der Waals surface area contributed by atoms with Crippen molar-refractivity contribution in [2.45, 2.75) is 0 Å². The molecule has 0 N–H and O–H groups in total. The molecule has 0 fully saturated rings. The highest BCUT2D eigenvalue weighted by molar-refractivity contribution is 5.71. The van der Waals surface area contributed by atoms with Gasteiger partial charge in [-0.05, 0) is 17.7 Å². The molecule has 3 rings (SSSR count). The third-order valence-electron chi connectivity index (χ3n) is 2.48. The first-order valence-electron chi connectivity index (χ1n) is 4.88. The van der Waals surface area contributed by atoms with Crippen molar-refractivity contribution in [3.8, 4) is 22.6 Å². The fourth-order valence-corrected chi connectivity index (χ4v) is 1.73. The van der Waals surface area contributed by atoms with E-state index in [1.54, 1.807) is 0 Å². The SMILES string of the molecule is c1ccc(-c2ccc3cc2OCO3)cc1. The maximum atomic E-state index is 5.45. The first-order valence-corrected chi connectivity index (χ1v) is 4.88. The van der Waals surface area contributed by atoms with E-state index in [2.05, 4.69) is 12.1 Å². The minimum atomic E-state index is 0.307. The van der Waals surface area contributed by atoms with E-state index < -0.39 is 0 Å². The van der Waals surface area contributed by atoms with Gasteiger partial charge in [0.1, 0.15) is 11.5 Å². The van der Waals surface area contributed by atoms with Crippen molar-refractivity contribution in [1.29, 1.82) is 0 Å². The van der Waals surface area contributed by atoms with Gasteiger partial charge in [-0.1, -0.05) is 30.3 Å². The Bertz CT molecular complexity index is 477. The molecule has 74 valence electrons. The molecule has 1 heterocycles. The molecule has 1 aliphatic rings. The van der Waals surface area contributed by atoms with Gasteiger partial charge in [-0.2, -0.15) is 0 Å². The molecule has 0 spiro atoms. The van der Waals surface area contributed by atoms with Crippen molar-refractivity contribution < 1.29 is 9.47 Å². The van der Waals surface area contributed by atoms with Crippen molar-refractivity contribution in [3.05, 3.63) is 48.5 Å². The smallest absolute Gasteiger partial charge is 0.230 e. The predicted molar refractivity (Wildman–Crippen MR) is 58.0 cm³/mol. The summed E-state index contributed by atoms with van der Waals surface area (Å²) in [6.07, 6.45) is 0. The van der Waals surface area contributed by atoms with E-state index in [1.807, 2.05) is 36.4 Å². The molecule has 0 aromatic heterocycles. The molecular weight excluding hydrogens is 188 g/mol. The lowest BCUT2D eigenvalue weighted by Crippen LogP contribution is -2.10. The summed E-state index contributed by atoms with van der Waals surface area (Å²) < 4.78 is 10.7. The molecule has 2 bridgehead atoms. The molecule has 0 aliphatic carbocycles. The maximum Gasteiger partial charge on any atom is 0.230 e. The molecule has 1 aliphatic heterocycles. The van der Waals surface area contributed by atoms with Gasteiger partial charge in [-0.3, -0.25) is 0 Å². The maximum absolute atomic E-state index is 5.45. The van der Waals surface area contributed by atoms with Crippen LogP contribution in [0.1, 0.15) is 0 Å². The summed E-state index contributed by atoms with van der Waals surface area (Å²) in [6, 6.07) is 16.1. The molecule has 2 heteroatoms. The van der Waals surface area contributed by atoms with Crippen molar-refractivity contribution in [2.75, 3.05) is 6.79 Å². The van der Waals surface area contributed by atoms with Crippen LogP contribution < -0.4 is 9.47 Å². The number of fused-ring (bicyclic) bond motifs is 2. The Balaban J connectivity index is 2.14. The molecule has 0 saturated carbocycles. The first kappa shape index (κ1) is 8.36. The van der Waals surface area contributed by atoms with Crippen molar-refractivity contribution in [2.24, 2.45) is 0 Å². The molecule has 0 amide bonds. The fourth-order valence-electron chi connectivity index (χ4n) is 1.73. The van der Waals surface area contributed by atoms with Gasteiger partial charge in [0.15, 0.2) is 0 Å². The molecule has 2 aromatic rings. The van der Waals surface area contributed by atoms with Crippen LogP contribution in [-0.2, 0) is 0 Å². The highest BCUT2D eigenvalue weighted by atomic mass is 16.7. The molecule has 0 saturated heterocycles. The Morgan fingerprint density at radius 1 is 0.867 bits per heavy atom. The van der Waals surface area contributed by atoms with Crippen LogP contribution in [0.2, 0.25) is 0 Å². The van der Waals surface area contributed by atoms with E-state index in [4.69, 9.17) is 9.47 Å². The highest BCUT2D eigenvalue weighted by Crippen LogP contribution is 2.35. The minimum Gasteiger partial charge on any atom is -0.457 e. The Hall–Kier alpha value is -1.96. The highest BCUT2D eigenvalue weighted by Gasteiger charge is 2.12. The molecule has 0 unspecified atom stereocenters. The molecule has 2 aromatic carbocycles. The summed E-state index contributed by atoms with van der Waals surface area (Å²) in [5, 5.41) is 0. The zero-order chi connectivity index (χ0) is 10.1. The van der Waals surface area contributed by atoms with Crippen LogP contribution in [0.25, 0.3) is 11.1 Å². The van der Waals surface area contributed by atoms with E-state index in [0.29, 0.717) is 6.79 Å². The second-order valence-electron chi connectivity index (χ2n) is 3.43. The molecule has 15 heavy (non-hydrogen) atoms. The quantitative estimate of drug-likeness (QED) is 0.701. The summed E-state index contributed by atoms with van der Waals surface area (Å²) in [5.74, 6) is 1.76. The number of rotatable bonds is 1. The van der Waals surface area contributed by atoms with Crippen molar-refractivity contribution in [3.63, 3.8) is 0 Å². The third-order valence-corrected chi connectivity index (χ3v) is 2.48. The first-order chi connectivity index (χ1) is 7.43. The fraction of sp³-hybridized carbons (Fsp3) is 0.0769. The van der Waals surface area contributed by atoms with Crippen LogP contribution in [0.15, 0.2) is 48.5 Å². The Morgan fingerprint density at radius 2 is 1.73 bits per heavy atom. The van der Waals surface area contributed by atoms with Gasteiger partial charge < -0.3 is 9.47 Å². The lowest BCUT2D eigenvalue weighted by Gasteiger charge is -2.18. The van der Waals surface area contributed by atoms with Gasteiger partial charge in [-0.15, -0.1) is 0 Å². The standard InChI is InChI=1S/C13H10O2/c1-2-4-10(5-3-1)12-7-6-11-8-13(12)15-9-14-11/h1-8H,9H2. The van der Waals surface area contributed by atoms with Gasteiger partial charge >= 0.3 is 0 Å². The molecule has 2 nitrogen and oxygen atoms in total. The second-order valence-corrected chi connectivity index (χ2v) is 3.43. The number of ether oxygens (including phenoxy) is 2. The van der Waals surface area contributed by atoms with Crippen LogP contribution in [0.4, 0.5) is 0 Å². The number of benzene rings is 2. The predicted octanol–water partition coefficient (Wildman–Crippen LogP) is 3.08. The lowest BCUT2D eigenvalue weighted by molar-refractivity contribution is 0.106. The van der Waals surface area contributed by atoms with E-state index >= 15 is 0 Å². The topological polar surface area (TPSA) is 18.5 Å². The van der Waals surface area contributed by atoms with Crippen LogP contribution in [0, 0.1) is 0 Å². The summed E-state index contributed by atoms with van der Waals surface area (Å²) in [4.78, 5) is 0. The largest absolute Gasteiger partial charge is 0.457 e. The van der Waals surface area contributed by atoms with Crippen molar-refractivity contribution >= 4 is 0 Å². The second kappa shape index (κ2) is 3.31. The van der Waals surface area contributed by atoms with Crippen LogP contribution >= 0.6 is 0 Å². The molecular formula is C13H10O2. The van der Waals surface area contributed by atoms with Crippen molar-refractivity contribution in [1.82, 2.24) is 0 Å². The minimum absolute atomic E-state index is 0.307. The van der Waals surface area contributed by atoms with Gasteiger partial charge in [0.05, 0.1) is 0 Å². The molecule has 0 radical (unpaired) electrons. The summed E-state index contributed by atoms with van der Waals surface area (Å²) >= 11 is 0. The molecule has 0 atom stereocenters. The monoisotopic (exact) mass is 198 g/mol. The van der Waals surface area contributed by atoms with Gasteiger partial charge in [0.2, 0.25) is 6.79 Å². The summed E-state index contributed by atoms with van der Waals surface area (Å²) in [7, 11) is 0. The van der Waals surface area contributed by atoms with E-state index in [0.717, 1.165) is 17.1 Å². The van der Waals surface area contributed by atoms with Gasteiger partial charge in [0, 0.05) is 11.6 Å². The zero-order valence-electron chi connectivity index (χ0n) is 8.14. The number of hydrogen-bond acceptors (Lipinski definition) is 2. The summed E-state index contributed by atoms with van der Waals surface area (Å²) in [5.41, 5.74) is 2.28. The lowest BCUT2D eigenvalue weighted by atomic mass is 10.0. The number of hydrogen-bond donors (Lipinski definition) is 0. The average molecular weight is 198 g/mol. The zero-order valence-corrected chi connectivity index (χ0v) is 8.14. The third kappa shape index (κ3) is 1.44. The Kier molecular flexibility index (Phi) is 1.85. The summed E-state index contributed by atoms with van der Waals surface area (Å²) in [6.45, 7) is 0.307. The van der Waals surface area contributed by atoms with Crippen LogP contribution in [-0.4, -0.2) is 6.79 Å². The average Bonchev–Trinajstić information content (AvgIpc) is 2.31. The van der Waals surface area contributed by atoms with Gasteiger partial charge in [0.25, 0.3) is 0 Å². The van der Waals surface area contributed by atoms with E-state index in [9.17, 15) is 0 Å². The van der Waals surface area contributed by atoms with E-state index in [-0.39, 0.29) is 0 Å². The van der Waals surface area contributed by atoms with Gasteiger partial charge in [-0.25, -0.2) is 0 Å².